The number of aliphatic hydroxyl groups is 2. The summed E-state index contributed by atoms with van der Waals surface area (Å²) in [7, 11) is 3.22. The van der Waals surface area contributed by atoms with Gasteiger partial charge in [0.05, 0.1) is 24.1 Å². The maximum Gasteiger partial charge on any atom is 0.230 e. The van der Waals surface area contributed by atoms with Crippen LogP contribution in [0.15, 0.2) is 28.7 Å². The van der Waals surface area contributed by atoms with Crippen LogP contribution in [-0.4, -0.2) is 80.9 Å². The monoisotopic (exact) mass is 567 g/mol. The van der Waals surface area contributed by atoms with E-state index in [0.717, 1.165) is 0 Å². The fourth-order valence-corrected chi connectivity index (χ4v) is 7.02. The van der Waals surface area contributed by atoms with Crippen molar-refractivity contribution in [1.29, 1.82) is 0 Å². The zero-order valence-corrected chi connectivity index (χ0v) is 23.8. The lowest BCUT2D eigenvalue weighted by molar-refractivity contribution is -0.190. The highest BCUT2D eigenvalue weighted by molar-refractivity contribution is 6.25. The first-order chi connectivity index (χ1) is 19.1. The number of hydrogen-bond donors (Lipinski definition) is 5. The molecule has 2 fully saturated rings. The van der Waals surface area contributed by atoms with E-state index in [0.29, 0.717) is 29.2 Å². The van der Waals surface area contributed by atoms with E-state index in [-0.39, 0.29) is 29.7 Å². The minimum absolute atomic E-state index is 0.0449. The highest BCUT2D eigenvalue weighted by Crippen LogP contribution is 2.52. The van der Waals surface area contributed by atoms with Gasteiger partial charge in [0.25, 0.3) is 0 Å². The molecule has 3 unspecified atom stereocenters. The number of likely N-dealkylation sites (N-methyl/N-ethyl adjacent to an activating group) is 1. The summed E-state index contributed by atoms with van der Waals surface area (Å²) < 4.78 is 6.09. The largest absolute Gasteiger partial charge is 0.507 e. The van der Waals surface area contributed by atoms with E-state index in [2.05, 4.69) is 5.32 Å². The number of amides is 1. The maximum atomic E-state index is 14.0. The van der Waals surface area contributed by atoms with Gasteiger partial charge < -0.3 is 35.7 Å². The Bertz CT molecular complexity index is 1440. The molecular formula is C30H37N3O8. The van der Waals surface area contributed by atoms with Crippen molar-refractivity contribution < 1.29 is 38.9 Å². The molecule has 0 radical (unpaired) electrons. The third-order valence-corrected chi connectivity index (χ3v) is 8.89. The van der Waals surface area contributed by atoms with E-state index >= 15 is 0 Å². The number of carbonyl (C=O) groups excluding carboxylic acids is 4. The van der Waals surface area contributed by atoms with Crippen LogP contribution in [0.25, 0.3) is 11.3 Å². The summed E-state index contributed by atoms with van der Waals surface area (Å²) in [5, 5.41) is 36.8. The van der Waals surface area contributed by atoms with Gasteiger partial charge in [0.2, 0.25) is 5.91 Å². The molecular weight excluding hydrogens is 530 g/mol. The molecule has 220 valence electrons. The molecule has 11 nitrogen and oxygen atoms in total. The highest BCUT2D eigenvalue weighted by atomic mass is 16.3. The molecule has 1 aromatic heterocycles. The van der Waals surface area contributed by atoms with E-state index < -0.39 is 64.7 Å². The number of phenolic OH excluding ortho intramolecular Hbond substituents is 1. The molecule has 1 heterocycles. The lowest BCUT2D eigenvalue weighted by Gasteiger charge is -2.54. The Morgan fingerprint density at radius 2 is 1.83 bits per heavy atom. The zero-order valence-electron chi connectivity index (χ0n) is 23.8. The van der Waals surface area contributed by atoms with Gasteiger partial charge in [0.15, 0.2) is 23.0 Å². The number of rotatable bonds is 5. The van der Waals surface area contributed by atoms with E-state index in [4.69, 9.17) is 10.2 Å². The van der Waals surface area contributed by atoms with Gasteiger partial charge in [0, 0.05) is 23.1 Å². The maximum absolute atomic E-state index is 14.0. The molecule has 0 bridgehead atoms. The van der Waals surface area contributed by atoms with E-state index in [9.17, 15) is 34.5 Å². The first kappa shape index (κ1) is 29.1. The van der Waals surface area contributed by atoms with Gasteiger partial charge in [-0.05, 0) is 83.5 Å². The van der Waals surface area contributed by atoms with Crippen LogP contribution in [0.4, 0.5) is 0 Å². The van der Waals surface area contributed by atoms with Crippen molar-refractivity contribution in [2.24, 2.45) is 29.4 Å². The number of aromatic hydroxyl groups is 1. The fraction of sp³-hybridized carbons (Fsp3) is 0.533. The third kappa shape index (κ3) is 4.51. The second kappa shape index (κ2) is 9.87. The summed E-state index contributed by atoms with van der Waals surface area (Å²) in [6.45, 7) is 6.59. The van der Waals surface area contributed by atoms with Crippen LogP contribution in [-0.2, 0) is 27.3 Å². The smallest absolute Gasteiger partial charge is 0.230 e. The SMILES string of the molecule is CN(C)[C@H]1C(O)C(C(N)=O)C(=O)[C@]2(O)C(=O)C3C(=O)c4c(O)ccc(-c5ccc(CNC(C)(C)C)o5)c4C[C@@H]3C[C@H]12. The number of phenols is 1. The van der Waals surface area contributed by atoms with E-state index in [1.54, 1.807) is 31.1 Å². The number of ketones is 3. The van der Waals surface area contributed by atoms with Crippen LogP contribution in [0.2, 0.25) is 0 Å². The van der Waals surface area contributed by atoms with Crippen molar-refractivity contribution in [2.75, 3.05) is 14.1 Å². The molecule has 7 atom stereocenters. The number of Topliss-reactive ketones (excluding diaryl/α,β-unsaturated/α-hetero) is 3. The Morgan fingerprint density at radius 1 is 1.15 bits per heavy atom. The summed E-state index contributed by atoms with van der Waals surface area (Å²) in [5.41, 5.74) is 3.66. The number of aliphatic hydroxyl groups excluding tert-OH is 1. The first-order valence-electron chi connectivity index (χ1n) is 13.8. The van der Waals surface area contributed by atoms with Gasteiger partial charge in [-0.2, -0.15) is 0 Å². The molecule has 2 aromatic rings. The number of hydrogen-bond acceptors (Lipinski definition) is 10. The molecule has 0 aliphatic heterocycles. The number of carbonyl (C=O) groups is 4. The zero-order chi connectivity index (χ0) is 30.2. The van der Waals surface area contributed by atoms with Gasteiger partial charge in [0.1, 0.15) is 23.2 Å². The van der Waals surface area contributed by atoms with Gasteiger partial charge in [-0.25, -0.2) is 0 Å². The Hall–Kier alpha value is -3.38. The summed E-state index contributed by atoms with van der Waals surface area (Å²) >= 11 is 0. The standard InChI is InChI=1S/C30H37N3O8/c1-29(2,3)32-12-14-6-9-19(41-14)15-7-8-18(34)21-16(15)10-13-11-17-23(33(4)5)25(36)22(28(31)39)27(38)30(17,40)26(37)20(13)24(21)35/h6-9,13,17,20,22-23,25,32,34,36,40H,10-12H2,1-5H3,(H2,31,39)/t13-,17-,20?,22?,23-,25?,30-/m1/s1. The van der Waals surface area contributed by atoms with Crippen LogP contribution in [0.5, 0.6) is 5.75 Å². The number of nitrogens with zero attached hydrogens (tertiary/aromatic N) is 1. The lowest BCUT2D eigenvalue weighted by Crippen LogP contribution is -2.75. The summed E-state index contributed by atoms with van der Waals surface area (Å²) in [4.78, 5) is 55.0. The van der Waals surface area contributed by atoms with Gasteiger partial charge in [-0.3, -0.25) is 19.2 Å². The minimum atomic E-state index is -2.69. The predicted octanol–water partition coefficient (Wildman–Crippen LogP) is 0.807. The molecule has 0 spiro atoms. The van der Waals surface area contributed by atoms with Crippen molar-refractivity contribution in [3.05, 3.63) is 41.2 Å². The Morgan fingerprint density at radius 3 is 2.44 bits per heavy atom. The summed E-state index contributed by atoms with van der Waals surface area (Å²) in [6, 6.07) is 5.69. The molecule has 5 rings (SSSR count). The lowest BCUT2D eigenvalue weighted by atomic mass is 9.52. The second-order valence-corrected chi connectivity index (χ2v) is 12.8. The van der Waals surface area contributed by atoms with Gasteiger partial charge >= 0.3 is 0 Å². The summed E-state index contributed by atoms with van der Waals surface area (Å²) in [6.07, 6.45) is -1.31. The van der Waals surface area contributed by atoms with E-state index in [1.807, 2.05) is 26.8 Å². The van der Waals surface area contributed by atoms with Crippen molar-refractivity contribution >= 4 is 23.3 Å². The molecule has 3 aliphatic carbocycles. The van der Waals surface area contributed by atoms with Crippen LogP contribution in [0, 0.1) is 23.7 Å². The normalized spacial score (nSPS) is 31.6. The highest BCUT2D eigenvalue weighted by Gasteiger charge is 2.69. The topological polar surface area (TPSA) is 183 Å². The van der Waals surface area contributed by atoms with Crippen LogP contribution in [0.3, 0.4) is 0 Å². The second-order valence-electron chi connectivity index (χ2n) is 12.8. The number of furan rings is 1. The van der Waals surface area contributed by atoms with Crippen LogP contribution in [0.1, 0.15) is 48.9 Å². The Balaban J connectivity index is 1.57. The molecule has 0 saturated heterocycles. The van der Waals surface area contributed by atoms with Crippen LogP contribution >= 0.6 is 0 Å². The number of benzene rings is 1. The minimum Gasteiger partial charge on any atom is -0.507 e. The quantitative estimate of drug-likeness (QED) is 0.324. The predicted molar refractivity (Wildman–Crippen MR) is 147 cm³/mol. The van der Waals surface area contributed by atoms with Crippen LogP contribution < -0.4 is 11.1 Å². The number of fused-ring (bicyclic) bond motifs is 3. The molecule has 2 saturated carbocycles. The fourth-order valence-electron chi connectivity index (χ4n) is 7.02. The molecule has 41 heavy (non-hydrogen) atoms. The van der Waals surface area contributed by atoms with Gasteiger partial charge in [-0.15, -0.1) is 0 Å². The Labute approximate surface area is 237 Å². The third-order valence-electron chi connectivity index (χ3n) is 8.89. The van der Waals surface area contributed by atoms with Crippen molar-refractivity contribution in [3.8, 4) is 17.1 Å². The molecule has 3 aliphatic rings. The van der Waals surface area contributed by atoms with Crippen molar-refractivity contribution in [3.63, 3.8) is 0 Å². The number of nitrogens with two attached hydrogens (primary N) is 1. The number of primary amides is 1. The molecule has 6 N–H and O–H groups in total. The van der Waals surface area contributed by atoms with E-state index in [1.165, 1.54) is 6.07 Å². The van der Waals surface area contributed by atoms with Crippen molar-refractivity contribution in [1.82, 2.24) is 10.2 Å². The van der Waals surface area contributed by atoms with Gasteiger partial charge in [-0.1, -0.05) is 0 Å². The molecule has 11 heteroatoms. The average Bonchev–Trinajstić information content (AvgIpc) is 3.33. The average molecular weight is 568 g/mol. The Kier molecular flexibility index (Phi) is 7.01. The first-order valence-corrected chi connectivity index (χ1v) is 13.8. The molecule has 1 aromatic carbocycles. The summed E-state index contributed by atoms with van der Waals surface area (Å²) in [5.74, 6) is -8.15. The van der Waals surface area contributed by atoms with Crippen molar-refractivity contribution in [2.45, 2.75) is 63.4 Å². The number of nitrogens with one attached hydrogen (secondary N) is 1. The molecule has 1 amide bonds.